The number of aliphatic hydroxyl groups is 1. The summed E-state index contributed by atoms with van der Waals surface area (Å²) in [5.74, 6) is 0.755. The SMILES string of the molecule is CCOc1ncccc1NC(=O)N1CCC(CO)CC1. The number of ether oxygens (including phenoxy) is 1. The molecule has 1 saturated heterocycles. The molecule has 0 spiro atoms. The molecule has 0 unspecified atom stereocenters. The van der Waals surface area contributed by atoms with Crippen molar-refractivity contribution in [3.63, 3.8) is 0 Å². The molecule has 0 aromatic carbocycles. The summed E-state index contributed by atoms with van der Waals surface area (Å²) in [6.45, 7) is 3.91. The maximum Gasteiger partial charge on any atom is 0.321 e. The number of aliphatic hydroxyl groups excluding tert-OH is 1. The second-order valence-electron chi connectivity index (χ2n) is 4.83. The number of carbonyl (C=O) groups excluding carboxylic acids is 1. The van der Waals surface area contributed by atoms with Crippen LogP contribution in [0.5, 0.6) is 5.88 Å². The Labute approximate surface area is 118 Å². The number of nitrogens with zero attached hydrogens (tertiary/aromatic N) is 2. The Balaban J connectivity index is 1.95. The van der Waals surface area contributed by atoms with Gasteiger partial charge in [0.25, 0.3) is 0 Å². The summed E-state index contributed by atoms with van der Waals surface area (Å²) in [6.07, 6.45) is 3.32. The largest absolute Gasteiger partial charge is 0.476 e. The van der Waals surface area contributed by atoms with Crippen LogP contribution in [0.3, 0.4) is 0 Å². The molecule has 0 radical (unpaired) electrons. The van der Waals surface area contributed by atoms with Gasteiger partial charge in [0, 0.05) is 25.9 Å². The molecule has 0 saturated carbocycles. The number of anilines is 1. The van der Waals surface area contributed by atoms with Gasteiger partial charge in [-0.25, -0.2) is 9.78 Å². The third-order valence-corrected chi connectivity index (χ3v) is 3.45. The molecule has 1 aliphatic rings. The molecular weight excluding hydrogens is 258 g/mol. The molecule has 2 amide bonds. The number of aromatic nitrogens is 1. The summed E-state index contributed by atoms with van der Waals surface area (Å²) < 4.78 is 5.38. The van der Waals surface area contributed by atoms with Crippen molar-refractivity contribution >= 4 is 11.7 Å². The van der Waals surface area contributed by atoms with Gasteiger partial charge in [-0.3, -0.25) is 0 Å². The van der Waals surface area contributed by atoms with Crippen LogP contribution in [0.1, 0.15) is 19.8 Å². The number of pyridine rings is 1. The lowest BCUT2D eigenvalue weighted by atomic mass is 9.98. The summed E-state index contributed by atoms with van der Waals surface area (Å²) in [4.78, 5) is 18.1. The molecule has 1 fully saturated rings. The number of rotatable bonds is 4. The lowest BCUT2D eigenvalue weighted by Gasteiger charge is -2.31. The van der Waals surface area contributed by atoms with Crippen LogP contribution in [0, 0.1) is 5.92 Å². The first-order valence-corrected chi connectivity index (χ1v) is 6.99. The number of piperidine rings is 1. The van der Waals surface area contributed by atoms with Crippen LogP contribution in [0.25, 0.3) is 0 Å². The lowest BCUT2D eigenvalue weighted by molar-refractivity contribution is 0.143. The van der Waals surface area contributed by atoms with Crippen molar-refractivity contribution in [2.24, 2.45) is 5.92 Å². The first kappa shape index (κ1) is 14.6. The maximum absolute atomic E-state index is 12.2. The molecule has 0 atom stereocenters. The van der Waals surface area contributed by atoms with E-state index in [0.29, 0.717) is 37.2 Å². The minimum atomic E-state index is -0.143. The van der Waals surface area contributed by atoms with Gasteiger partial charge < -0.3 is 20.1 Å². The van der Waals surface area contributed by atoms with Gasteiger partial charge in [-0.15, -0.1) is 0 Å². The first-order valence-electron chi connectivity index (χ1n) is 6.99. The number of urea groups is 1. The normalized spacial score (nSPS) is 16.0. The summed E-state index contributed by atoms with van der Waals surface area (Å²) in [6, 6.07) is 3.39. The van der Waals surface area contributed by atoms with Crippen molar-refractivity contribution in [3.05, 3.63) is 18.3 Å². The van der Waals surface area contributed by atoms with Crippen LogP contribution in [0.2, 0.25) is 0 Å². The van der Waals surface area contributed by atoms with Crippen molar-refractivity contribution < 1.29 is 14.6 Å². The Morgan fingerprint density at radius 1 is 1.55 bits per heavy atom. The molecule has 110 valence electrons. The minimum Gasteiger partial charge on any atom is -0.476 e. The van der Waals surface area contributed by atoms with Crippen LogP contribution in [-0.4, -0.2) is 47.3 Å². The molecule has 0 aliphatic carbocycles. The van der Waals surface area contributed by atoms with Gasteiger partial charge in [0.1, 0.15) is 5.69 Å². The van der Waals surface area contributed by atoms with E-state index in [1.807, 2.05) is 6.92 Å². The second kappa shape index (κ2) is 7.09. The molecule has 1 aromatic rings. The molecule has 6 nitrogen and oxygen atoms in total. The predicted molar refractivity (Wildman–Crippen MR) is 75.8 cm³/mol. The average Bonchev–Trinajstić information content (AvgIpc) is 2.49. The van der Waals surface area contributed by atoms with E-state index in [1.54, 1.807) is 23.2 Å². The van der Waals surface area contributed by atoms with Gasteiger partial charge in [0.15, 0.2) is 0 Å². The number of carbonyl (C=O) groups is 1. The lowest BCUT2D eigenvalue weighted by Crippen LogP contribution is -2.41. The topological polar surface area (TPSA) is 74.7 Å². The van der Waals surface area contributed by atoms with Crippen LogP contribution < -0.4 is 10.1 Å². The molecule has 1 aliphatic heterocycles. The van der Waals surface area contributed by atoms with E-state index in [1.165, 1.54) is 0 Å². The fourth-order valence-corrected chi connectivity index (χ4v) is 2.25. The van der Waals surface area contributed by atoms with E-state index in [9.17, 15) is 4.79 Å². The molecule has 20 heavy (non-hydrogen) atoms. The second-order valence-corrected chi connectivity index (χ2v) is 4.83. The van der Waals surface area contributed by atoms with Crippen LogP contribution in [-0.2, 0) is 0 Å². The summed E-state index contributed by atoms with van der Waals surface area (Å²) in [5.41, 5.74) is 0.587. The molecule has 0 bridgehead atoms. The van der Waals surface area contributed by atoms with Crippen molar-refractivity contribution in [2.45, 2.75) is 19.8 Å². The van der Waals surface area contributed by atoms with Crippen LogP contribution in [0.15, 0.2) is 18.3 Å². The Kier molecular flexibility index (Phi) is 5.17. The number of nitrogens with one attached hydrogen (secondary N) is 1. The fourth-order valence-electron chi connectivity index (χ4n) is 2.25. The van der Waals surface area contributed by atoms with Crippen molar-refractivity contribution in [3.8, 4) is 5.88 Å². The Hall–Kier alpha value is -1.82. The number of likely N-dealkylation sites (tertiary alicyclic amines) is 1. The van der Waals surface area contributed by atoms with Gasteiger partial charge in [-0.1, -0.05) is 0 Å². The average molecular weight is 279 g/mol. The highest BCUT2D eigenvalue weighted by atomic mass is 16.5. The zero-order valence-electron chi connectivity index (χ0n) is 11.7. The summed E-state index contributed by atoms with van der Waals surface area (Å²) >= 11 is 0. The highest BCUT2D eigenvalue weighted by Gasteiger charge is 2.22. The number of hydrogen-bond acceptors (Lipinski definition) is 4. The summed E-state index contributed by atoms with van der Waals surface area (Å²) in [7, 11) is 0. The molecule has 6 heteroatoms. The fraction of sp³-hybridized carbons (Fsp3) is 0.571. The van der Waals surface area contributed by atoms with Crippen molar-refractivity contribution in [1.82, 2.24) is 9.88 Å². The molecule has 2 heterocycles. The quantitative estimate of drug-likeness (QED) is 0.880. The maximum atomic E-state index is 12.2. The molecule has 1 aromatic heterocycles. The predicted octanol–water partition coefficient (Wildman–Crippen LogP) is 1.72. The van der Waals surface area contributed by atoms with Gasteiger partial charge >= 0.3 is 6.03 Å². The molecule has 2 rings (SSSR count). The number of amides is 2. The Morgan fingerprint density at radius 3 is 2.95 bits per heavy atom. The Morgan fingerprint density at radius 2 is 2.30 bits per heavy atom. The first-order chi connectivity index (χ1) is 9.74. The highest BCUT2D eigenvalue weighted by Crippen LogP contribution is 2.22. The van der Waals surface area contributed by atoms with E-state index in [0.717, 1.165) is 12.8 Å². The monoisotopic (exact) mass is 279 g/mol. The third-order valence-electron chi connectivity index (χ3n) is 3.45. The van der Waals surface area contributed by atoms with Crippen molar-refractivity contribution in [2.75, 3.05) is 31.6 Å². The Bertz CT molecular complexity index is 445. The zero-order valence-corrected chi connectivity index (χ0v) is 11.7. The van der Waals surface area contributed by atoms with Crippen LogP contribution in [0.4, 0.5) is 10.5 Å². The van der Waals surface area contributed by atoms with E-state index in [2.05, 4.69) is 10.3 Å². The van der Waals surface area contributed by atoms with Gasteiger partial charge in [-0.05, 0) is 37.8 Å². The molecule has 2 N–H and O–H groups in total. The van der Waals surface area contributed by atoms with E-state index < -0.39 is 0 Å². The van der Waals surface area contributed by atoms with Crippen LogP contribution >= 0.6 is 0 Å². The van der Waals surface area contributed by atoms with Crippen molar-refractivity contribution in [1.29, 1.82) is 0 Å². The van der Waals surface area contributed by atoms with E-state index >= 15 is 0 Å². The van der Waals surface area contributed by atoms with E-state index in [4.69, 9.17) is 9.84 Å². The minimum absolute atomic E-state index is 0.143. The van der Waals surface area contributed by atoms with Gasteiger partial charge in [-0.2, -0.15) is 0 Å². The number of hydrogen-bond donors (Lipinski definition) is 2. The van der Waals surface area contributed by atoms with Gasteiger partial charge in [0.05, 0.1) is 6.61 Å². The summed E-state index contributed by atoms with van der Waals surface area (Å²) in [5, 5.41) is 11.9. The zero-order chi connectivity index (χ0) is 14.4. The third kappa shape index (κ3) is 3.60. The molecular formula is C14H21N3O3. The van der Waals surface area contributed by atoms with Gasteiger partial charge in [0.2, 0.25) is 5.88 Å². The van der Waals surface area contributed by atoms with E-state index in [-0.39, 0.29) is 12.6 Å². The highest BCUT2D eigenvalue weighted by molar-refractivity contribution is 5.90. The smallest absolute Gasteiger partial charge is 0.321 e. The standard InChI is InChI=1S/C14H21N3O3/c1-2-20-13-12(4-3-7-15-13)16-14(19)17-8-5-11(10-18)6-9-17/h3-4,7,11,18H,2,5-6,8-10H2,1H3,(H,16,19).